The molecule has 0 saturated heterocycles. The van der Waals surface area contributed by atoms with Crippen molar-refractivity contribution in [1.29, 1.82) is 0 Å². The molecule has 0 fully saturated rings. The summed E-state index contributed by atoms with van der Waals surface area (Å²) in [7, 11) is 0. The Morgan fingerprint density at radius 1 is 1.57 bits per heavy atom. The first-order valence-corrected chi connectivity index (χ1v) is 4.37. The summed E-state index contributed by atoms with van der Waals surface area (Å²) in [5, 5.41) is -1.89. The minimum atomic E-state index is -4.70. The number of rotatable bonds is 4. The fourth-order valence-corrected chi connectivity index (χ4v) is 0.801. The van der Waals surface area contributed by atoms with Gasteiger partial charge in [-0.05, 0) is 6.42 Å². The fourth-order valence-electron chi connectivity index (χ4n) is 0.595. The summed E-state index contributed by atoms with van der Waals surface area (Å²) in [6, 6.07) is -2.39. The quantitative estimate of drug-likeness (QED) is 0.591. The van der Waals surface area contributed by atoms with E-state index in [9.17, 15) is 18.0 Å². The minimum absolute atomic E-state index is 0.0344. The molecule has 14 heavy (non-hydrogen) atoms. The summed E-state index contributed by atoms with van der Waals surface area (Å²) in [5.74, 6) is -1.14. The first-order valence-electron chi connectivity index (χ1n) is 3.93. The van der Waals surface area contributed by atoms with Crippen LogP contribution in [0.5, 0.6) is 0 Å². The zero-order chi connectivity index (χ0) is 11.4. The molecule has 0 spiro atoms. The number of ether oxygens (including phenoxy) is 1. The monoisotopic (exact) mass is 233 g/mol. The summed E-state index contributed by atoms with van der Waals surface area (Å²) in [6.45, 7) is 1.74. The van der Waals surface area contributed by atoms with E-state index in [0.717, 1.165) is 0 Å². The van der Waals surface area contributed by atoms with E-state index in [1.165, 1.54) is 0 Å². The van der Waals surface area contributed by atoms with Gasteiger partial charge in [0, 0.05) is 0 Å². The third-order valence-corrected chi connectivity index (χ3v) is 1.82. The van der Waals surface area contributed by atoms with Gasteiger partial charge in [-0.25, -0.2) is 0 Å². The second-order valence-corrected chi connectivity index (χ2v) is 3.11. The van der Waals surface area contributed by atoms with Crippen LogP contribution in [0.1, 0.15) is 13.3 Å². The van der Waals surface area contributed by atoms with Crippen LogP contribution in [0.4, 0.5) is 13.2 Å². The number of hydrogen-bond donors (Lipinski definition) is 1. The predicted molar refractivity (Wildman–Crippen MR) is 44.9 cm³/mol. The van der Waals surface area contributed by atoms with E-state index in [4.69, 9.17) is 17.3 Å². The fraction of sp³-hybridized carbons (Fsp3) is 0.857. The average Bonchev–Trinajstić information content (AvgIpc) is 2.10. The number of carbonyl (C=O) groups is 1. The minimum Gasteiger partial charge on any atom is -0.465 e. The van der Waals surface area contributed by atoms with Gasteiger partial charge in [0.1, 0.15) is 6.04 Å². The van der Waals surface area contributed by atoms with Gasteiger partial charge in [0.2, 0.25) is 0 Å². The highest BCUT2D eigenvalue weighted by Gasteiger charge is 2.44. The van der Waals surface area contributed by atoms with Crippen LogP contribution in [-0.4, -0.2) is 30.2 Å². The second kappa shape index (κ2) is 5.41. The molecule has 0 aromatic rings. The number of carbonyl (C=O) groups excluding carboxylic acids is 1. The normalized spacial score (nSPS) is 16.1. The molecule has 3 nitrogen and oxygen atoms in total. The SMILES string of the molecule is CCCOC(=O)[C@@H](Cl)[C@@H](N)C(F)(F)F. The summed E-state index contributed by atoms with van der Waals surface area (Å²) >= 11 is 5.18. The van der Waals surface area contributed by atoms with Gasteiger partial charge in [-0.15, -0.1) is 11.6 Å². The van der Waals surface area contributed by atoms with Crippen molar-refractivity contribution < 1.29 is 22.7 Å². The van der Waals surface area contributed by atoms with Crippen molar-refractivity contribution in [3.63, 3.8) is 0 Å². The van der Waals surface area contributed by atoms with Crippen LogP contribution in [0.2, 0.25) is 0 Å². The van der Waals surface area contributed by atoms with Crippen LogP contribution in [0.15, 0.2) is 0 Å². The van der Waals surface area contributed by atoms with Gasteiger partial charge in [0.25, 0.3) is 0 Å². The molecule has 0 unspecified atom stereocenters. The van der Waals surface area contributed by atoms with Gasteiger partial charge in [-0.2, -0.15) is 13.2 Å². The van der Waals surface area contributed by atoms with Crippen molar-refractivity contribution >= 4 is 17.6 Å². The Morgan fingerprint density at radius 3 is 2.43 bits per heavy atom. The van der Waals surface area contributed by atoms with E-state index >= 15 is 0 Å². The number of halogens is 4. The highest BCUT2D eigenvalue weighted by atomic mass is 35.5. The highest BCUT2D eigenvalue weighted by Crippen LogP contribution is 2.23. The lowest BCUT2D eigenvalue weighted by molar-refractivity contribution is -0.163. The van der Waals surface area contributed by atoms with Crippen molar-refractivity contribution in [2.75, 3.05) is 6.61 Å². The smallest absolute Gasteiger partial charge is 0.405 e. The third kappa shape index (κ3) is 4.15. The molecule has 0 bridgehead atoms. The first kappa shape index (κ1) is 13.5. The van der Waals surface area contributed by atoms with Crippen molar-refractivity contribution in [1.82, 2.24) is 0 Å². The molecule has 84 valence electrons. The number of esters is 1. The molecule has 0 aromatic carbocycles. The predicted octanol–water partition coefficient (Wildman–Crippen LogP) is 1.44. The zero-order valence-electron chi connectivity index (χ0n) is 7.47. The molecule has 0 aliphatic rings. The van der Waals surface area contributed by atoms with Crippen LogP contribution in [0.3, 0.4) is 0 Å². The lowest BCUT2D eigenvalue weighted by Crippen LogP contribution is -2.48. The van der Waals surface area contributed by atoms with E-state index in [1.807, 2.05) is 0 Å². The molecular formula is C7H11ClF3NO2. The van der Waals surface area contributed by atoms with Crippen LogP contribution in [-0.2, 0) is 9.53 Å². The van der Waals surface area contributed by atoms with Gasteiger partial charge in [-0.3, -0.25) is 4.79 Å². The molecule has 0 aromatic heterocycles. The Morgan fingerprint density at radius 2 is 2.07 bits per heavy atom. The Hall–Kier alpha value is -0.490. The first-order chi connectivity index (χ1) is 6.30. The van der Waals surface area contributed by atoms with Gasteiger partial charge in [-0.1, -0.05) is 6.92 Å². The third-order valence-electron chi connectivity index (χ3n) is 1.37. The molecule has 2 atom stereocenters. The lowest BCUT2D eigenvalue weighted by atomic mass is 10.2. The topological polar surface area (TPSA) is 52.3 Å². The summed E-state index contributed by atoms with van der Waals surface area (Å²) in [5.41, 5.74) is 4.71. The zero-order valence-corrected chi connectivity index (χ0v) is 8.23. The maximum atomic E-state index is 12.0. The van der Waals surface area contributed by atoms with Crippen LogP contribution < -0.4 is 5.73 Å². The highest BCUT2D eigenvalue weighted by molar-refractivity contribution is 6.30. The molecule has 0 amide bonds. The van der Waals surface area contributed by atoms with Crippen LogP contribution >= 0.6 is 11.6 Å². The van der Waals surface area contributed by atoms with Gasteiger partial charge >= 0.3 is 12.1 Å². The Balaban J connectivity index is 4.18. The van der Waals surface area contributed by atoms with Gasteiger partial charge in [0.05, 0.1) is 6.61 Å². The molecule has 0 saturated carbocycles. The summed E-state index contributed by atoms with van der Waals surface area (Å²) in [6.07, 6.45) is -4.19. The van der Waals surface area contributed by atoms with E-state index < -0.39 is 23.6 Å². The largest absolute Gasteiger partial charge is 0.465 e. The van der Waals surface area contributed by atoms with Crippen molar-refractivity contribution in [2.24, 2.45) is 5.73 Å². The molecule has 0 aliphatic carbocycles. The van der Waals surface area contributed by atoms with E-state index in [1.54, 1.807) is 6.92 Å². The molecule has 0 rings (SSSR count). The Labute approximate surface area is 84.3 Å². The molecule has 0 heterocycles. The van der Waals surface area contributed by atoms with Crippen molar-refractivity contribution in [3.8, 4) is 0 Å². The van der Waals surface area contributed by atoms with Crippen LogP contribution in [0, 0.1) is 0 Å². The standard InChI is InChI=1S/C7H11ClF3NO2/c1-2-3-14-6(13)4(8)5(12)7(9,10)11/h4-5H,2-3,12H2,1H3/t4-,5+/m0/s1. The molecule has 0 radical (unpaired) electrons. The number of alkyl halides is 4. The maximum Gasteiger partial charge on any atom is 0.405 e. The molecule has 2 N–H and O–H groups in total. The Bertz CT molecular complexity index is 198. The van der Waals surface area contributed by atoms with Crippen molar-refractivity contribution in [3.05, 3.63) is 0 Å². The van der Waals surface area contributed by atoms with E-state index in [-0.39, 0.29) is 6.61 Å². The summed E-state index contributed by atoms with van der Waals surface area (Å²) in [4.78, 5) is 10.9. The van der Waals surface area contributed by atoms with Crippen LogP contribution in [0.25, 0.3) is 0 Å². The van der Waals surface area contributed by atoms with E-state index in [0.29, 0.717) is 6.42 Å². The van der Waals surface area contributed by atoms with Gasteiger partial charge < -0.3 is 10.5 Å². The average molecular weight is 234 g/mol. The van der Waals surface area contributed by atoms with Crippen molar-refractivity contribution in [2.45, 2.75) is 30.9 Å². The van der Waals surface area contributed by atoms with Gasteiger partial charge in [0.15, 0.2) is 5.38 Å². The molecular weight excluding hydrogens is 223 g/mol. The second-order valence-electron chi connectivity index (χ2n) is 2.64. The lowest BCUT2D eigenvalue weighted by Gasteiger charge is -2.19. The number of hydrogen-bond acceptors (Lipinski definition) is 3. The van der Waals surface area contributed by atoms with E-state index in [2.05, 4.69) is 4.74 Å². The molecule has 0 aliphatic heterocycles. The Kier molecular flexibility index (Phi) is 5.22. The number of nitrogens with two attached hydrogens (primary N) is 1. The maximum absolute atomic E-state index is 12.0. The molecule has 7 heteroatoms. The summed E-state index contributed by atoms with van der Waals surface area (Å²) < 4.78 is 40.3.